The summed E-state index contributed by atoms with van der Waals surface area (Å²) in [4.78, 5) is 17.2. The number of amides is 1. The van der Waals surface area contributed by atoms with Crippen LogP contribution >= 0.6 is 0 Å². The summed E-state index contributed by atoms with van der Waals surface area (Å²) < 4.78 is 0. The van der Waals surface area contributed by atoms with Gasteiger partial charge in [0.1, 0.15) is 0 Å². The molecule has 1 amide bonds. The van der Waals surface area contributed by atoms with E-state index in [9.17, 15) is 4.79 Å². The molecule has 1 fully saturated rings. The minimum atomic E-state index is -0.0249. The van der Waals surface area contributed by atoms with Gasteiger partial charge >= 0.3 is 0 Å². The molecule has 3 rings (SSSR count). The summed E-state index contributed by atoms with van der Waals surface area (Å²) >= 11 is 0. The van der Waals surface area contributed by atoms with Gasteiger partial charge in [0.05, 0.1) is 5.92 Å². The number of hydrogen-bond acceptors (Lipinski definition) is 3. The van der Waals surface area contributed by atoms with Crippen molar-refractivity contribution in [2.45, 2.75) is 25.4 Å². The third-order valence-electron chi connectivity index (χ3n) is 4.94. The normalized spacial score (nSPS) is 28.8. The lowest BCUT2D eigenvalue weighted by Crippen LogP contribution is -2.42. The average Bonchev–Trinajstić information content (AvgIpc) is 2.88. The number of hydrogen-bond donors (Lipinski definition) is 1. The lowest BCUT2D eigenvalue weighted by molar-refractivity contribution is -0.132. The van der Waals surface area contributed by atoms with Crippen molar-refractivity contribution >= 4 is 5.91 Å². The van der Waals surface area contributed by atoms with Crippen molar-refractivity contribution in [3.05, 3.63) is 35.4 Å². The van der Waals surface area contributed by atoms with E-state index >= 15 is 0 Å². The van der Waals surface area contributed by atoms with Crippen LogP contribution in [-0.2, 0) is 11.3 Å². The minimum absolute atomic E-state index is 0.0249. The number of nitrogens with zero attached hydrogens (tertiary/aromatic N) is 2. The molecular weight excluding hydrogens is 262 g/mol. The molecule has 2 aliphatic rings. The summed E-state index contributed by atoms with van der Waals surface area (Å²) in [6.07, 6.45) is 0. The molecule has 3 atom stereocenters. The maximum Gasteiger partial charge on any atom is 0.231 e. The Kier molecular flexibility index (Phi) is 4.00. The second kappa shape index (κ2) is 5.78. The molecule has 2 aliphatic heterocycles. The molecule has 1 aromatic carbocycles. The van der Waals surface area contributed by atoms with Crippen molar-refractivity contribution in [3.63, 3.8) is 0 Å². The number of nitrogens with one attached hydrogen (secondary N) is 1. The Balaban J connectivity index is 1.78. The van der Waals surface area contributed by atoms with Crippen molar-refractivity contribution in [1.82, 2.24) is 15.1 Å². The largest absolute Gasteiger partial charge is 0.340 e. The summed E-state index contributed by atoms with van der Waals surface area (Å²) in [5.41, 5.74) is 2.47. The summed E-state index contributed by atoms with van der Waals surface area (Å²) in [5.74, 6) is 0.796. The second-order valence-corrected chi connectivity index (χ2v) is 6.63. The summed E-state index contributed by atoms with van der Waals surface area (Å²) in [6, 6.07) is 8.80. The molecule has 0 spiro atoms. The summed E-state index contributed by atoms with van der Waals surface area (Å²) in [5, 5.41) is 3.38. The first-order valence-electron chi connectivity index (χ1n) is 7.81. The smallest absolute Gasteiger partial charge is 0.231 e. The first-order valence-corrected chi connectivity index (χ1v) is 7.81. The van der Waals surface area contributed by atoms with Crippen molar-refractivity contribution in [2.24, 2.45) is 5.92 Å². The fourth-order valence-electron chi connectivity index (χ4n) is 3.74. The third-order valence-corrected chi connectivity index (χ3v) is 4.94. The van der Waals surface area contributed by atoms with E-state index in [0.717, 1.165) is 26.2 Å². The van der Waals surface area contributed by atoms with E-state index in [0.29, 0.717) is 12.0 Å². The van der Waals surface area contributed by atoms with Crippen LogP contribution in [0.4, 0.5) is 0 Å². The van der Waals surface area contributed by atoms with Gasteiger partial charge in [-0.2, -0.15) is 0 Å². The van der Waals surface area contributed by atoms with E-state index in [1.807, 2.05) is 12.1 Å². The second-order valence-electron chi connectivity index (χ2n) is 6.63. The Bertz CT molecular complexity index is 529. The van der Waals surface area contributed by atoms with Gasteiger partial charge < -0.3 is 15.1 Å². The molecule has 3 unspecified atom stereocenters. The van der Waals surface area contributed by atoms with Crippen molar-refractivity contribution in [3.8, 4) is 0 Å². The molecule has 1 saturated heterocycles. The molecular formula is C17H25N3O. The maximum absolute atomic E-state index is 12.9. The van der Waals surface area contributed by atoms with Gasteiger partial charge in [0, 0.05) is 32.2 Å². The van der Waals surface area contributed by atoms with Crippen LogP contribution in [0.3, 0.4) is 0 Å². The van der Waals surface area contributed by atoms with E-state index in [1.54, 1.807) is 0 Å². The Labute approximate surface area is 127 Å². The Morgan fingerprint density at radius 1 is 1.29 bits per heavy atom. The van der Waals surface area contributed by atoms with E-state index < -0.39 is 0 Å². The molecule has 0 aliphatic carbocycles. The lowest BCUT2D eigenvalue weighted by atomic mass is 9.90. The highest BCUT2D eigenvalue weighted by atomic mass is 16.2. The number of carbonyl (C=O) groups is 1. The summed E-state index contributed by atoms with van der Waals surface area (Å²) in [6.45, 7) is 5.60. The molecule has 0 radical (unpaired) electrons. The van der Waals surface area contributed by atoms with Gasteiger partial charge in [0.25, 0.3) is 0 Å². The SMILES string of the molecule is CC1CN(C(=O)C2CNCc3ccccc32)CC1N(C)C. The van der Waals surface area contributed by atoms with Crippen LogP contribution in [0.15, 0.2) is 24.3 Å². The summed E-state index contributed by atoms with van der Waals surface area (Å²) in [7, 11) is 4.21. The highest BCUT2D eigenvalue weighted by molar-refractivity contribution is 5.85. The Morgan fingerprint density at radius 2 is 2.05 bits per heavy atom. The van der Waals surface area contributed by atoms with Gasteiger partial charge in [-0.1, -0.05) is 31.2 Å². The topological polar surface area (TPSA) is 35.6 Å². The first kappa shape index (κ1) is 14.5. The fourth-order valence-corrected chi connectivity index (χ4v) is 3.74. The van der Waals surface area contributed by atoms with Gasteiger partial charge in [-0.15, -0.1) is 0 Å². The van der Waals surface area contributed by atoms with Crippen molar-refractivity contribution in [1.29, 1.82) is 0 Å². The van der Waals surface area contributed by atoms with E-state index in [-0.39, 0.29) is 11.8 Å². The van der Waals surface area contributed by atoms with Crippen LogP contribution < -0.4 is 5.32 Å². The lowest BCUT2D eigenvalue weighted by Gasteiger charge is -2.29. The van der Waals surface area contributed by atoms with Crippen LogP contribution in [-0.4, -0.2) is 55.5 Å². The number of carbonyl (C=O) groups excluding carboxylic acids is 1. The molecule has 2 heterocycles. The zero-order valence-electron chi connectivity index (χ0n) is 13.2. The molecule has 114 valence electrons. The monoisotopic (exact) mass is 287 g/mol. The molecule has 0 bridgehead atoms. The number of benzene rings is 1. The molecule has 21 heavy (non-hydrogen) atoms. The Hall–Kier alpha value is -1.39. The minimum Gasteiger partial charge on any atom is -0.340 e. The molecule has 4 nitrogen and oxygen atoms in total. The molecule has 0 aromatic heterocycles. The zero-order valence-corrected chi connectivity index (χ0v) is 13.2. The predicted octanol–water partition coefficient (Wildman–Crippen LogP) is 1.28. The zero-order chi connectivity index (χ0) is 15.0. The van der Waals surface area contributed by atoms with E-state index in [1.165, 1.54) is 11.1 Å². The van der Waals surface area contributed by atoms with Gasteiger partial charge in [0.2, 0.25) is 5.91 Å². The number of rotatable bonds is 2. The van der Waals surface area contributed by atoms with Crippen molar-refractivity contribution < 1.29 is 4.79 Å². The predicted molar refractivity (Wildman–Crippen MR) is 84.1 cm³/mol. The van der Waals surface area contributed by atoms with Gasteiger partial charge in [-0.05, 0) is 31.1 Å². The Morgan fingerprint density at radius 3 is 2.76 bits per heavy atom. The molecule has 1 N–H and O–H groups in total. The molecule has 4 heteroatoms. The molecule has 1 aromatic rings. The van der Waals surface area contributed by atoms with E-state index in [4.69, 9.17) is 0 Å². The number of likely N-dealkylation sites (N-methyl/N-ethyl adjacent to an activating group) is 1. The van der Waals surface area contributed by atoms with Crippen LogP contribution in [0.5, 0.6) is 0 Å². The van der Waals surface area contributed by atoms with Crippen LogP contribution in [0, 0.1) is 5.92 Å². The van der Waals surface area contributed by atoms with Gasteiger partial charge in [-0.25, -0.2) is 0 Å². The van der Waals surface area contributed by atoms with Gasteiger partial charge in [0.15, 0.2) is 0 Å². The maximum atomic E-state index is 12.9. The quantitative estimate of drug-likeness (QED) is 0.890. The van der Waals surface area contributed by atoms with Crippen LogP contribution in [0.25, 0.3) is 0 Å². The third kappa shape index (κ3) is 2.70. The first-order chi connectivity index (χ1) is 10.1. The van der Waals surface area contributed by atoms with E-state index in [2.05, 4.69) is 48.3 Å². The highest BCUT2D eigenvalue weighted by Crippen LogP contribution is 2.29. The highest BCUT2D eigenvalue weighted by Gasteiger charge is 2.37. The van der Waals surface area contributed by atoms with Crippen LogP contribution in [0.2, 0.25) is 0 Å². The number of likely N-dealkylation sites (tertiary alicyclic amines) is 1. The number of fused-ring (bicyclic) bond motifs is 1. The van der Waals surface area contributed by atoms with Gasteiger partial charge in [-0.3, -0.25) is 4.79 Å². The van der Waals surface area contributed by atoms with Crippen LogP contribution in [0.1, 0.15) is 24.0 Å². The fraction of sp³-hybridized carbons (Fsp3) is 0.588. The molecule has 0 saturated carbocycles. The standard InChI is InChI=1S/C17H25N3O/c1-12-10-20(11-16(12)19(2)3)17(21)15-9-18-8-13-6-4-5-7-14(13)15/h4-7,12,15-16,18H,8-11H2,1-3H3. The average molecular weight is 287 g/mol. The van der Waals surface area contributed by atoms with Crippen molar-refractivity contribution in [2.75, 3.05) is 33.7 Å².